The third kappa shape index (κ3) is 18.7. The van der Waals surface area contributed by atoms with Crippen molar-refractivity contribution in [1.29, 1.82) is 0 Å². The molecule has 0 spiro atoms. The van der Waals surface area contributed by atoms with Crippen molar-refractivity contribution in [3.05, 3.63) is 235 Å². The molecule has 0 bridgehead atoms. The van der Waals surface area contributed by atoms with Gasteiger partial charge in [-0.2, -0.15) is 38.5 Å². The Labute approximate surface area is 740 Å². The fraction of sp³-hybridized carbons (Fsp3) is 0.333. The van der Waals surface area contributed by atoms with Crippen molar-refractivity contribution in [3.8, 4) is 11.6 Å². The van der Waals surface area contributed by atoms with Crippen LogP contribution in [0, 0.1) is 5.82 Å². The van der Waals surface area contributed by atoms with Crippen molar-refractivity contribution in [2.45, 2.75) is 140 Å². The lowest BCUT2D eigenvalue weighted by atomic mass is 9.89. The minimum Gasteiger partial charge on any atom is -0.391 e. The van der Waals surface area contributed by atoms with Gasteiger partial charge in [-0.1, -0.05) is 6.07 Å². The number of carbonyl (C=O) groups is 4. The predicted molar refractivity (Wildman–Crippen MR) is 485 cm³/mol. The molecule has 0 unspecified atom stereocenters. The minimum atomic E-state index is -0.624. The Morgan fingerprint density at radius 3 is 1.03 bits per heavy atom. The van der Waals surface area contributed by atoms with E-state index in [1.807, 2.05) is 39.8 Å². The van der Waals surface area contributed by atoms with E-state index in [4.69, 9.17) is 14.2 Å². The normalized spacial score (nSPS) is 17.7. The molecule has 43 heteroatoms. The van der Waals surface area contributed by atoms with Crippen LogP contribution in [0.2, 0.25) is 0 Å². The van der Waals surface area contributed by atoms with Crippen LogP contribution >= 0.6 is 0 Å². The van der Waals surface area contributed by atoms with Crippen LogP contribution < -0.4 is 86.0 Å². The lowest BCUT2D eigenvalue weighted by molar-refractivity contribution is 0.00731. The van der Waals surface area contributed by atoms with Gasteiger partial charge < -0.3 is 92.3 Å². The first-order valence-corrected chi connectivity index (χ1v) is 42.1. The number of methoxy groups -OCH3 is 3. The second kappa shape index (κ2) is 39.3. The lowest BCUT2D eigenvalue weighted by Gasteiger charge is -2.35. The van der Waals surface area contributed by atoms with Gasteiger partial charge in [-0.25, -0.2) is 34.3 Å². The largest absolute Gasteiger partial charge is 0.391 e. The molecule has 130 heavy (non-hydrogen) atoms. The smallest absolute Gasteiger partial charge is 0.280 e. The Kier molecular flexibility index (Phi) is 27.0. The van der Waals surface area contributed by atoms with E-state index in [1.165, 1.54) is 62.9 Å². The Balaban J connectivity index is 0.000000133. The number of aromatic nitrogens is 18. The number of pyridine rings is 6. The van der Waals surface area contributed by atoms with Crippen LogP contribution in [-0.4, -0.2) is 213 Å². The fourth-order valence-electron chi connectivity index (χ4n) is 15.0. The molecule has 4 fully saturated rings. The Morgan fingerprint density at radius 2 is 0.731 bits per heavy atom. The number of aliphatic hydroxyl groups excluding tert-OH is 1. The number of nitrogens with one attached hydrogen (secondary N) is 12. The number of amides is 4. The zero-order chi connectivity index (χ0) is 91.7. The van der Waals surface area contributed by atoms with E-state index in [0.717, 1.165) is 49.5 Å². The van der Waals surface area contributed by atoms with Gasteiger partial charge in [0.1, 0.15) is 97.4 Å². The molecule has 0 aliphatic heterocycles. The van der Waals surface area contributed by atoms with E-state index >= 15 is 0 Å². The molecule has 4 aliphatic carbocycles. The molecule has 0 radical (unpaired) electrons. The molecule has 14 heterocycles. The highest BCUT2D eigenvalue weighted by Crippen LogP contribution is 2.31. The maximum atomic E-state index is 14.2. The fourth-order valence-corrected chi connectivity index (χ4v) is 15.0. The van der Waals surface area contributed by atoms with Gasteiger partial charge in [0.15, 0.2) is 34.2 Å². The first kappa shape index (κ1) is 89.5. The number of ether oxygens (including phenoxy) is 3. The zero-order valence-corrected chi connectivity index (χ0v) is 72.9. The highest BCUT2D eigenvalue weighted by Gasteiger charge is 2.37. The number of fused-ring (bicyclic) bond motifs is 4. The van der Waals surface area contributed by atoms with Gasteiger partial charge in [0, 0.05) is 123 Å². The summed E-state index contributed by atoms with van der Waals surface area (Å²) in [6, 6.07) is 28.1. The number of carbonyl (C=O) groups excluding carboxylic acids is 4. The van der Waals surface area contributed by atoms with Crippen LogP contribution in [0.4, 0.5) is 73.7 Å². The predicted octanol–water partition coefficient (Wildman–Crippen LogP) is 7.75. The van der Waals surface area contributed by atoms with Gasteiger partial charge in [-0.15, -0.1) is 0 Å². The average Bonchev–Trinajstić information content (AvgIpc) is 1.60. The van der Waals surface area contributed by atoms with Crippen molar-refractivity contribution in [1.82, 2.24) is 108 Å². The summed E-state index contributed by atoms with van der Waals surface area (Å²) in [6.45, 7) is 7.76. The zero-order valence-electron chi connectivity index (χ0n) is 72.9. The highest BCUT2D eigenvalue weighted by atomic mass is 19.1. The number of rotatable bonds is 27. The van der Waals surface area contributed by atoms with Crippen LogP contribution in [0.1, 0.15) is 133 Å². The van der Waals surface area contributed by atoms with Crippen LogP contribution in [0.3, 0.4) is 0 Å². The van der Waals surface area contributed by atoms with Crippen molar-refractivity contribution in [2.24, 2.45) is 0 Å². The standard InChI is InChI=1S/C23H23FN8O3.C23H24N8O3.C21H27N7O3.C20H25N7O3/c1-25-19-11-18(28-16-6-4-10-31(23(16)34)21-14(24)5-3-9-26-21)30-20-13(12-27-32(19)20)22(33)29-15-7-8-17(15)35-2;1-24-20-12-18(27-16-6-5-11-30(23(16)33)19-7-3-4-10-25-19)29-21-14(13-26-31(20)21)22(32)28-15-8-9-17(15)34-2;1-12(2)27-9-5-6-15(21(27)30)24-17-10-18(22-3)28-19(26-17)13(11-23-28)20(29)25-14-7-8-16(14)31-4;1-11(2)26-8-4-5-14(20(26)30)23-16-9-17(21-3)27-18(25-16)12(10-22-27)19(29)24-13-6-7-15(13)28/h3-6,9-12,15,17,25H,7-8H2,1-2H3,(H,28,30)(H,29,33);3-7,10-13,15,17,24H,8-9H2,1-2H3,(H,27,29)(H,28,32);5-6,9-12,14,16,22H,7-8H2,1-4H3,(H,24,26)(H,25,29);4-5,8-11,13,15,21,28H,6-7H2,1-3H3,(H,23,25)(H,24,29)/t2*15-,17-;14-,16-;13-,15-/m1111/s1. The average molecular weight is 1780 g/mol. The van der Waals surface area contributed by atoms with E-state index in [0.29, 0.717) is 115 Å². The minimum absolute atomic E-state index is 0.0111. The molecule has 676 valence electrons. The molecule has 13 N–H and O–H groups in total. The van der Waals surface area contributed by atoms with Gasteiger partial charge in [0.2, 0.25) is 0 Å². The molecule has 42 nitrogen and oxygen atoms in total. The van der Waals surface area contributed by atoms with E-state index in [2.05, 4.69) is 114 Å². The topological polar surface area (TPSA) is 495 Å². The summed E-state index contributed by atoms with van der Waals surface area (Å²) in [6.07, 6.45) is 21.7. The molecule has 4 amide bonds. The maximum Gasteiger partial charge on any atom is 0.280 e. The Bertz CT molecular complexity index is 6780. The number of nitrogens with zero attached hydrogens (tertiary/aromatic N) is 18. The summed E-state index contributed by atoms with van der Waals surface area (Å²) in [7, 11) is 11.8. The van der Waals surface area contributed by atoms with Crippen molar-refractivity contribution in [2.75, 3.05) is 92.1 Å². The molecule has 18 rings (SSSR count). The molecule has 8 atom stereocenters. The van der Waals surface area contributed by atoms with Crippen LogP contribution in [-0.2, 0) is 14.2 Å². The molecular formula is C87H99FN30O12. The molecule has 0 aromatic carbocycles. The van der Waals surface area contributed by atoms with Crippen LogP contribution in [0.25, 0.3) is 34.2 Å². The molecule has 14 aromatic rings. The first-order valence-electron chi connectivity index (χ1n) is 42.1. The Hall–Kier alpha value is -15.4. The molecule has 14 aromatic heterocycles. The second-order valence-corrected chi connectivity index (χ2v) is 31.4. The second-order valence-electron chi connectivity index (χ2n) is 31.4. The summed E-state index contributed by atoms with van der Waals surface area (Å²) in [4.78, 5) is 129. The van der Waals surface area contributed by atoms with Gasteiger partial charge in [-0.3, -0.25) is 47.5 Å². The molecular weight excluding hydrogens is 1680 g/mol. The molecule has 4 aliphatic rings. The summed E-state index contributed by atoms with van der Waals surface area (Å²) < 4.78 is 42.3. The maximum absolute atomic E-state index is 14.2. The summed E-state index contributed by atoms with van der Waals surface area (Å²) in [5.41, 5.74) is 2.81. The number of hydrogen-bond donors (Lipinski definition) is 13. The van der Waals surface area contributed by atoms with E-state index in [-0.39, 0.29) is 112 Å². The summed E-state index contributed by atoms with van der Waals surface area (Å²) in [5, 5.41) is 63.1. The van der Waals surface area contributed by atoms with Gasteiger partial charge in [-0.05, 0) is 152 Å². The van der Waals surface area contributed by atoms with E-state index in [1.54, 1.807) is 171 Å². The van der Waals surface area contributed by atoms with Gasteiger partial charge in [0.25, 0.3) is 45.9 Å². The SMILES string of the molecule is CNc1cc(Nc2cccn(-c3ccccn3)c2=O)nc2c(C(=O)N[C@@H]3CC[C@H]3OC)cnn12.CNc1cc(Nc2cccn(-c3ncccc3F)c2=O)nc2c(C(=O)N[C@@H]3CC[C@H]3OC)cnn12.CNc1cc(Nc2cccn(C(C)C)c2=O)nc2c(C(=O)N[C@@H]3CC[C@H]3O)cnn12.CNc1cc(Nc2cccn(C(C)C)c2=O)nc2c(C(=O)N[C@@H]3CC[C@H]3OC)cnn12. The van der Waals surface area contributed by atoms with E-state index in [9.17, 15) is 47.9 Å². The van der Waals surface area contributed by atoms with Crippen molar-refractivity contribution < 1.29 is 42.9 Å². The lowest BCUT2D eigenvalue weighted by Crippen LogP contribution is -2.51. The first-order chi connectivity index (χ1) is 62.9. The number of aliphatic hydroxyl groups is 1. The van der Waals surface area contributed by atoms with Gasteiger partial charge >= 0.3 is 0 Å². The quantitative estimate of drug-likeness (QED) is 0.0234. The third-order valence-corrected chi connectivity index (χ3v) is 22.8. The van der Waals surface area contributed by atoms with E-state index < -0.39 is 17.5 Å². The van der Waals surface area contributed by atoms with Gasteiger partial charge in [0.05, 0.1) is 73.4 Å². The Morgan fingerprint density at radius 1 is 0.400 bits per heavy atom. The molecule has 0 saturated heterocycles. The summed E-state index contributed by atoms with van der Waals surface area (Å²) in [5.74, 6) is 2.49. The monoisotopic (exact) mass is 1770 g/mol. The number of anilines is 12. The van der Waals surface area contributed by atoms with Crippen molar-refractivity contribution in [3.63, 3.8) is 0 Å². The highest BCUT2D eigenvalue weighted by molar-refractivity contribution is 6.03. The third-order valence-electron chi connectivity index (χ3n) is 22.8. The summed E-state index contributed by atoms with van der Waals surface area (Å²) >= 11 is 0. The number of hydrogen-bond acceptors (Lipinski definition) is 30. The van der Waals surface area contributed by atoms with Crippen molar-refractivity contribution >= 4 is 116 Å². The van der Waals surface area contributed by atoms with Crippen LogP contribution in [0.5, 0.6) is 0 Å². The number of halogens is 1. The molecule has 4 saturated carbocycles. The van der Waals surface area contributed by atoms with Crippen LogP contribution in [0.15, 0.2) is 184 Å².